The molecule has 0 amide bonds. The van der Waals surface area contributed by atoms with Crippen molar-refractivity contribution in [1.82, 2.24) is 9.88 Å². The van der Waals surface area contributed by atoms with E-state index >= 15 is 0 Å². The molecule has 1 heterocycles. The van der Waals surface area contributed by atoms with Crippen molar-refractivity contribution >= 4 is 64.9 Å². The maximum absolute atomic E-state index is 13.6. The van der Waals surface area contributed by atoms with Crippen molar-refractivity contribution in [3.63, 3.8) is 0 Å². The normalized spacial score (nSPS) is 11.3. The summed E-state index contributed by atoms with van der Waals surface area (Å²) in [5, 5.41) is 5.81. The SMILES string of the molecule is NS(=O)(=O)c1ccc(N(Cc2ccc(F)cc2)C(=S)N(Cc2ccncc2)Cc2ccc(Br)cc2Br)cc1. The minimum absolute atomic E-state index is 0.00124. The summed E-state index contributed by atoms with van der Waals surface area (Å²) < 4.78 is 39.1. The summed E-state index contributed by atoms with van der Waals surface area (Å²) >= 11 is 13.2. The lowest BCUT2D eigenvalue weighted by molar-refractivity contribution is 0.404. The lowest BCUT2D eigenvalue weighted by Gasteiger charge is -2.34. The van der Waals surface area contributed by atoms with Crippen LogP contribution in [-0.2, 0) is 29.7 Å². The molecule has 0 saturated carbocycles. The zero-order chi connectivity index (χ0) is 27.3. The molecule has 2 N–H and O–H groups in total. The topological polar surface area (TPSA) is 79.5 Å². The molecule has 0 fully saturated rings. The fraction of sp³-hybridized carbons (Fsp3) is 0.111. The van der Waals surface area contributed by atoms with Gasteiger partial charge < -0.3 is 9.80 Å². The highest BCUT2D eigenvalue weighted by molar-refractivity contribution is 9.11. The largest absolute Gasteiger partial charge is 0.340 e. The standard InChI is InChI=1S/C27H23Br2FN4O2S2/c28-22-4-3-21(26(29)15-22)18-33(16-20-11-13-32-14-12-20)27(37)34(17-19-1-5-23(30)6-2-19)24-7-9-25(10-8-24)38(31,35)36/h1-15H,16-18H2,(H2,31,35,36). The fourth-order valence-corrected chi connectivity index (χ4v) is 5.77. The number of pyridine rings is 1. The maximum atomic E-state index is 13.6. The molecule has 0 radical (unpaired) electrons. The van der Waals surface area contributed by atoms with E-state index in [-0.39, 0.29) is 10.7 Å². The molecule has 0 atom stereocenters. The summed E-state index contributed by atoms with van der Waals surface area (Å²) in [4.78, 5) is 8.06. The van der Waals surface area contributed by atoms with Crippen molar-refractivity contribution in [1.29, 1.82) is 0 Å². The Bertz CT molecular complexity index is 1520. The number of primary sulfonamides is 1. The number of hydrogen-bond acceptors (Lipinski definition) is 4. The second-order valence-corrected chi connectivity index (χ2v) is 12.2. The molecular weight excluding hydrogens is 655 g/mol. The number of nitrogens with zero attached hydrogens (tertiary/aromatic N) is 3. The van der Waals surface area contributed by atoms with Gasteiger partial charge in [-0.3, -0.25) is 4.98 Å². The highest BCUT2D eigenvalue weighted by atomic mass is 79.9. The first-order valence-corrected chi connectivity index (χ1v) is 14.9. The molecule has 6 nitrogen and oxygen atoms in total. The number of thiocarbonyl (C=S) groups is 1. The van der Waals surface area contributed by atoms with E-state index in [1.54, 1.807) is 36.7 Å². The number of benzene rings is 3. The van der Waals surface area contributed by atoms with Crippen LogP contribution in [0.5, 0.6) is 0 Å². The second-order valence-electron chi connectivity index (χ2n) is 8.48. The molecule has 3 aromatic carbocycles. The average molecular weight is 678 g/mol. The highest BCUT2D eigenvalue weighted by Crippen LogP contribution is 2.27. The van der Waals surface area contributed by atoms with E-state index in [4.69, 9.17) is 17.4 Å². The molecule has 0 saturated heterocycles. The lowest BCUT2D eigenvalue weighted by atomic mass is 10.1. The fourth-order valence-electron chi connectivity index (χ4n) is 3.78. The molecule has 11 heteroatoms. The van der Waals surface area contributed by atoms with Gasteiger partial charge in [-0.25, -0.2) is 17.9 Å². The van der Waals surface area contributed by atoms with E-state index in [1.807, 2.05) is 35.2 Å². The third-order valence-electron chi connectivity index (χ3n) is 5.73. The predicted octanol–water partition coefficient (Wildman–Crippen LogP) is 6.39. The Morgan fingerprint density at radius 3 is 2.11 bits per heavy atom. The first kappa shape index (κ1) is 28.3. The molecule has 4 rings (SSSR count). The Labute approximate surface area is 243 Å². The molecule has 0 unspecified atom stereocenters. The monoisotopic (exact) mass is 676 g/mol. The summed E-state index contributed by atoms with van der Waals surface area (Å²) in [6, 6.07) is 22.2. The van der Waals surface area contributed by atoms with Crippen LogP contribution in [0.3, 0.4) is 0 Å². The van der Waals surface area contributed by atoms with Gasteiger partial charge in [0, 0.05) is 40.1 Å². The predicted molar refractivity (Wildman–Crippen MR) is 158 cm³/mol. The molecule has 4 aromatic rings. The summed E-state index contributed by atoms with van der Waals surface area (Å²) in [5.41, 5.74) is 3.54. The number of halogens is 3. The lowest BCUT2D eigenvalue weighted by Crippen LogP contribution is -2.42. The zero-order valence-corrected chi connectivity index (χ0v) is 24.8. The van der Waals surface area contributed by atoms with E-state index in [0.717, 1.165) is 25.6 Å². The van der Waals surface area contributed by atoms with Gasteiger partial charge in [-0.2, -0.15) is 0 Å². The van der Waals surface area contributed by atoms with Crippen LogP contribution in [0.2, 0.25) is 0 Å². The van der Waals surface area contributed by atoms with Gasteiger partial charge in [-0.15, -0.1) is 0 Å². The Balaban J connectivity index is 1.74. The second kappa shape index (κ2) is 12.4. The van der Waals surface area contributed by atoms with Crippen LogP contribution in [0, 0.1) is 5.82 Å². The molecule has 38 heavy (non-hydrogen) atoms. The molecule has 0 bridgehead atoms. The van der Waals surface area contributed by atoms with Gasteiger partial charge in [0.25, 0.3) is 0 Å². The van der Waals surface area contributed by atoms with Gasteiger partial charge >= 0.3 is 0 Å². The first-order chi connectivity index (χ1) is 18.1. The Hall–Kier alpha value is -2.70. The molecule has 0 aliphatic heterocycles. The minimum Gasteiger partial charge on any atom is -0.340 e. The molecule has 0 aliphatic carbocycles. The zero-order valence-electron chi connectivity index (χ0n) is 20.0. The van der Waals surface area contributed by atoms with E-state index in [0.29, 0.717) is 30.4 Å². The maximum Gasteiger partial charge on any atom is 0.238 e. The van der Waals surface area contributed by atoms with Crippen LogP contribution < -0.4 is 10.0 Å². The van der Waals surface area contributed by atoms with Crippen LogP contribution in [0.1, 0.15) is 16.7 Å². The summed E-state index contributed by atoms with van der Waals surface area (Å²) in [5.74, 6) is -0.334. The number of anilines is 1. The third-order valence-corrected chi connectivity index (χ3v) is 8.37. The summed E-state index contributed by atoms with van der Waals surface area (Å²) in [6.07, 6.45) is 3.46. The van der Waals surface area contributed by atoms with Crippen molar-refractivity contribution < 1.29 is 12.8 Å². The number of sulfonamides is 1. The first-order valence-electron chi connectivity index (χ1n) is 11.4. The van der Waals surface area contributed by atoms with Crippen LogP contribution in [0.4, 0.5) is 10.1 Å². The van der Waals surface area contributed by atoms with Crippen LogP contribution >= 0.6 is 44.1 Å². The Morgan fingerprint density at radius 1 is 0.868 bits per heavy atom. The Morgan fingerprint density at radius 2 is 1.50 bits per heavy atom. The number of nitrogens with two attached hydrogens (primary N) is 1. The summed E-state index contributed by atoms with van der Waals surface area (Å²) in [6.45, 7) is 1.32. The number of aromatic nitrogens is 1. The number of rotatable bonds is 8. The van der Waals surface area contributed by atoms with Gasteiger partial charge in [0.1, 0.15) is 5.82 Å². The van der Waals surface area contributed by atoms with E-state index in [2.05, 4.69) is 41.7 Å². The minimum atomic E-state index is -3.85. The van der Waals surface area contributed by atoms with E-state index in [1.165, 1.54) is 24.3 Å². The third kappa shape index (κ3) is 7.45. The molecule has 0 spiro atoms. The quantitative estimate of drug-likeness (QED) is 0.218. The van der Waals surface area contributed by atoms with Crippen LogP contribution in [-0.4, -0.2) is 23.4 Å². The van der Waals surface area contributed by atoms with Gasteiger partial charge in [0.05, 0.1) is 11.4 Å². The van der Waals surface area contributed by atoms with E-state index < -0.39 is 10.0 Å². The Kier molecular flexibility index (Phi) is 9.27. The molecule has 196 valence electrons. The van der Waals surface area contributed by atoms with Crippen molar-refractivity contribution in [2.45, 2.75) is 24.5 Å². The van der Waals surface area contributed by atoms with Crippen molar-refractivity contribution in [2.24, 2.45) is 5.14 Å². The summed E-state index contributed by atoms with van der Waals surface area (Å²) in [7, 11) is -3.85. The van der Waals surface area contributed by atoms with Crippen molar-refractivity contribution in [3.8, 4) is 0 Å². The van der Waals surface area contributed by atoms with Crippen molar-refractivity contribution in [3.05, 3.63) is 123 Å². The van der Waals surface area contributed by atoms with Gasteiger partial charge in [-0.05, 0) is 89.6 Å². The van der Waals surface area contributed by atoms with Crippen LogP contribution in [0.25, 0.3) is 0 Å². The smallest absolute Gasteiger partial charge is 0.238 e. The number of hydrogen-bond donors (Lipinski definition) is 1. The van der Waals surface area contributed by atoms with E-state index in [9.17, 15) is 12.8 Å². The van der Waals surface area contributed by atoms with Crippen molar-refractivity contribution in [2.75, 3.05) is 4.90 Å². The molecule has 1 aromatic heterocycles. The van der Waals surface area contributed by atoms with Gasteiger partial charge in [-0.1, -0.05) is 50.1 Å². The highest BCUT2D eigenvalue weighted by Gasteiger charge is 2.22. The van der Waals surface area contributed by atoms with Crippen LogP contribution in [0.15, 0.2) is 105 Å². The average Bonchev–Trinajstić information content (AvgIpc) is 2.89. The molecular formula is C27H23Br2FN4O2S2. The van der Waals surface area contributed by atoms with Gasteiger partial charge in [0.2, 0.25) is 10.0 Å². The van der Waals surface area contributed by atoms with Gasteiger partial charge in [0.15, 0.2) is 5.11 Å². The molecule has 0 aliphatic rings.